The minimum Gasteiger partial charge on any atom is -0.443 e. The second-order valence-electron chi connectivity index (χ2n) is 5.27. The Labute approximate surface area is 132 Å². The van der Waals surface area contributed by atoms with Crippen molar-refractivity contribution in [2.75, 3.05) is 0 Å². The quantitative estimate of drug-likeness (QED) is 0.629. The van der Waals surface area contributed by atoms with E-state index in [1.807, 2.05) is 6.07 Å². The van der Waals surface area contributed by atoms with Crippen LogP contribution in [0.25, 0.3) is 0 Å². The summed E-state index contributed by atoms with van der Waals surface area (Å²) in [6.45, 7) is 1.54. The number of carbonyl (C=O) groups excluding carboxylic acids is 2. The molecule has 0 saturated heterocycles. The van der Waals surface area contributed by atoms with Crippen LogP contribution < -0.4 is 4.74 Å². The molecule has 0 spiro atoms. The lowest BCUT2D eigenvalue weighted by atomic mass is 9.90. The fourth-order valence-electron chi connectivity index (χ4n) is 2.38. The van der Waals surface area contributed by atoms with Crippen molar-refractivity contribution < 1.29 is 19.1 Å². The van der Waals surface area contributed by atoms with E-state index in [2.05, 4.69) is 0 Å². The fraction of sp³-hybridized carbons (Fsp3) is 0.176. The van der Waals surface area contributed by atoms with Gasteiger partial charge in [-0.2, -0.15) is 0 Å². The van der Waals surface area contributed by atoms with Gasteiger partial charge in [-0.05, 0) is 30.7 Å². The van der Waals surface area contributed by atoms with E-state index in [0.717, 1.165) is 5.56 Å². The van der Waals surface area contributed by atoms with Crippen LogP contribution in [0.1, 0.15) is 22.8 Å². The number of benzene rings is 2. The minimum absolute atomic E-state index is 0.241. The Bertz CT molecular complexity index is 756. The Hall–Kier alpha value is -2.33. The largest absolute Gasteiger partial charge is 0.443 e. The van der Waals surface area contributed by atoms with Crippen molar-refractivity contribution in [3.63, 3.8) is 0 Å². The molecule has 4 nitrogen and oxygen atoms in total. The monoisotopic (exact) mass is 316 g/mol. The molecule has 0 bridgehead atoms. The Morgan fingerprint density at radius 2 is 1.86 bits per heavy atom. The molecule has 3 rings (SSSR count). The lowest BCUT2D eigenvalue weighted by molar-refractivity contribution is -0.154. The summed E-state index contributed by atoms with van der Waals surface area (Å²) in [5.74, 6) is -0.936. The second-order valence-corrected chi connectivity index (χ2v) is 5.68. The number of carbonyl (C=O) groups is 2. The molecule has 0 saturated carbocycles. The van der Waals surface area contributed by atoms with Gasteiger partial charge in [0.1, 0.15) is 5.75 Å². The smallest absolute Gasteiger partial charge is 0.356 e. The van der Waals surface area contributed by atoms with Crippen molar-refractivity contribution in [3.05, 3.63) is 64.7 Å². The molecule has 1 aliphatic heterocycles. The average Bonchev–Trinajstić information content (AvgIpc) is 2.49. The van der Waals surface area contributed by atoms with E-state index in [-0.39, 0.29) is 12.2 Å². The van der Waals surface area contributed by atoms with E-state index < -0.39 is 17.5 Å². The van der Waals surface area contributed by atoms with E-state index in [0.29, 0.717) is 10.6 Å². The summed E-state index contributed by atoms with van der Waals surface area (Å²) in [5, 5.41) is 0.321. The Kier molecular flexibility index (Phi) is 3.62. The molecule has 0 aliphatic carbocycles. The van der Waals surface area contributed by atoms with Crippen LogP contribution in [-0.4, -0.2) is 17.5 Å². The molecule has 0 fully saturated rings. The summed E-state index contributed by atoms with van der Waals surface area (Å²) in [4.78, 5) is 24.5. The normalized spacial score (nSPS) is 20.0. The Morgan fingerprint density at radius 3 is 2.64 bits per heavy atom. The number of ether oxygens (including phenoxy) is 2. The standard InChI is InChI=1S/C17H13ClO4/c1-17(16(20)21-14-9-5-4-8-13(14)18)10-11-6-2-3-7-12(11)15(19)22-17/h2-9H,10H2,1H3. The maximum Gasteiger partial charge on any atom is 0.356 e. The van der Waals surface area contributed by atoms with Gasteiger partial charge in [-0.1, -0.05) is 41.9 Å². The SMILES string of the molecule is CC1(C(=O)Oc2ccccc2Cl)Cc2ccccc2C(=O)O1. The molecule has 5 heteroatoms. The highest BCUT2D eigenvalue weighted by Gasteiger charge is 2.44. The van der Waals surface area contributed by atoms with Gasteiger partial charge < -0.3 is 9.47 Å². The summed E-state index contributed by atoms with van der Waals surface area (Å²) in [5.41, 5.74) is -0.132. The van der Waals surface area contributed by atoms with E-state index >= 15 is 0 Å². The minimum atomic E-state index is -1.37. The van der Waals surface area contributed by atoms with Crippen LogP contribution in [0.3, 0.4) is 0 Å². The number of halogens is 1. The number of cyclic esters (lactones) is 1. The van der Waals surface area contributed by atoms with Crippen molar-refractivity contribution >= 4 is 23.5 Å². The highest BCUT2D eigenvalue weighted by atomic mass is 35.5. The topological polar surface area (TPSA) is 52.6 Å². The maximum absolute atomic E-state index is 12.4. The van der Waals surface area contributed by atoms with Crippen LogP contribution in [0.15, 0.2) is 48.5 Å². The molecule has 1 heterocycles. The first-order valence-electron chi connectivity index (χ1n) is 6.78. The second kappa shape index (κ2) is 5.46. The van der Waals surface area contributed by atoms with Crippen LogP contribution in [0.2, 0.25) is 5.02 Å². The van der Waals surface area contributed by atoms with Gasteiger partial charge in [-0.3, -0.25) is 0 Å². The predicted molar refractivity (Wildman–Crippen MR) is 81.1 cm³/mol. The lowest BCUT2D eigenvalue weighted by Crippen LogP contribution is -2.48. The predicted octanol–water partition coefficient (Wildman–Crippen LogP) is 3.42. The molecule has 0 amide bonds. The number of esters is 2. The zero-order chi connectivity index (χ0) is 15.7. The molecule has 112 valence electrons. The third-order valence-electron chi connectivity index (χ3n) is 3.55. The van der Waals surface area contributed by atoms with E-state index in [9.17, 15) is 9.59 Å². The maximum atomic E-state index is 12.4. The number of para-hydroxylation sites is 1. The van der Waals surface area contributed by atoms with Crippen molar-refractivity contribution in [2.45, 2.75) is 18.9 Å². The first-order valence-corrected chi connectivity index (χ1v) is 7.15. The van der Waals surface area contributed by atoms with Gasteiger partial charge in [0.25, 0.3) is 0 Å². The lowest BCUT2D eigenvalue weighted by Gasteiger charge is -2.32. The highest BCUT2D eigenvalue weighted by molar-refractivity contribution is 6.32. The molecular weight excluding hydrogens is 304 g/mol. The van der Waals surface area contributed by atoms with Gasteiger partial charge in [0.05, 0.1) is 10.6 Å². The third-order valence-corrected chi connectivity index (χ3v) is 3.87. The van der Waals surface area contributed by atoms with E-state index in [4.69, 9.17) is 21.1 Å². The van der Waals surface area contributed by atoms with Gasteiger partial charge in [0.15, 0.2) is 0 Å². The summed E-state index contributed by atoms with van der Waals surface area (Å²) < 4.78 is 10.6. The van der Waals surface area contributed by atoms with Gasteiger partial charge >= 0.3 is 11.9 Å². The van der Waals surface area contributed by atoms with Gasteiger partial charge in [-0.15, -0.1) is 0 Å². The summed E-state index contributed by atoms with van der Waals surface area (Å²) in [7, 11) is 0. The fourth-order valence-corrected chi connectivity index (χ4v) is 2.56. The van der Waals surface area contributed by atoms with E-state index in [1.165, 1.54) is 0 Å². The van der Waals surface area contributed by atoms with Crippen molar-refractivity contribution in [2.24, 2.45) is 0 Å². The van der Waals surface area contributed by atoms with Crippen LogP contribution in [-0.2, 0) is 16.0 Å². The Balaban J connectivity index is 1.87. The molecule has 1 unspecified atom stereocenters. The zero-order valence-electron chi connectivity index (χ0n) is 11.8. The number of hydrogen-bond acceptors (Lipinski definition) is 4. The molecule has 22 heavy (non-hydrogen) atoms. The van der Waals surface area contributed by atoms with E-state index in [1.54, 1.807) is 49.4 Å². The van der Waals surface area contributed by atoms with Gasteiger partial charge in [0, 0.05) is 6.42 Å². The molecule has 1 aliphatic rings. The molecule has 1 atom stereocenters. The van der Waals surface area contributed by atoms with Gasteiger partial charge in [0.2, 0.25) is 5.60 Å². The summed E-state index contributed by atoms with van der Waals surface area (Å²) in [6.07, 6.45) is 0.262. The van der Waals surface area contributed by atoms with Crippen LogP contribution in [0, 0.1) is 0 Å². The highest BCUT2D eigenvalue weighted by Crippen LogP contribution is 2.31. The molecular formula is C17H13ClO4. The van der Waals surface area contributed by atoms with Crippen LogP contribution >= 0.6 is 11.6 Å². The number of hydrogen-bond donors (Lipinski definition) is 0. The van der Waals surface area contributed by atoms with Crippen LogP contribution in [0.4, 0.5) is 0 Å². The summed E-state index contributed by atoms with van der Waals surface area (Å²) in [6, 6.07) is 13.7. The van der Waals surface area contributed by atoms with Gasteiger partial charge in [-0.25, -0.2) is 9.59 Å². The van der Waals surface area contributed by atoms with Crippen LogP contribution in [0.5, 0.6) is 5.75 Å². The molecule has 2 aromatic rings. The number of fused-ring (bicyclic) bond motifs is 1. The molecule has 0 aromatic heterocycles. The summed E-state index contributed by atoms with van der Waals surface area (Å²) >= 11 is 5.98. The zero-order valence-corrected chi connectivity index (χ0v) is 12.6. The van der Waals surface area contributed by atoms with Crippen molar-refractivity contribution in [1.82, 2.24) is 0 Å². The Morgan fingerprint density at radius 1 is 1.18 bits per heavy atom. The first-order chi connectivity index (χ1) is 10.5. The van der Waals surface area contributed by atoms with Crippen molar-refractivity contribution in [1.29, 1.82) is 0 Å². The molecule has 0 radical (unpaired) electrons. The number of rotatable bonds is 2. The molecule has 0 N–H and O–H groups in total. The third kappa shape index (κ3) is 2.57. The molecule has 2 aromatic carbocycles. The average molecular weight is 317 g/mol. The van der Waals surface area contributed by atoms with Crippen molar-refractivity contribution in [3.8, 4) is 5.75 Å². The first kappa shape index (κ1) is 14.6.